The van der Waals surface area contributed by atoms with Crippen LogP contribution in [0, 0.1) is 0 Å². The Morgan fingerprint density at radius 3 is 2.33 bits per heavy atom. The standard InChI is InChI=1S/C8H7B/c9-7-6-8-4-2-1-3-5-8/h1-7H. The zero-order valence-corrected chi connectivity index (χ0v) is 5.12. The number of hydrogen-bond donors (Lipinski definition) is 0. The quantitative estimate of drug-likeness (QED) is 0.488. The van der Waals surface area contributed by atoms with Crippen LogP contribution in [-0.2, 0) is 0 Å². The van der Waals surface area contributed by atoms with Gasteiger partial charge in [0.2, 0.25) is 0 Å². The van der Waals surface area contributed by atoms with Crippen molar-refractivity contribution in [1.29, 1.82) is 0 Å². The maximum absolute atomic E-state index is 5.18. The van der Waals surface area contributed by atoms with Gasteiger partial charge in [-0.05, 0) is 5.56 Å². The Kier molecular flexibility index (Phi) is 2.14. The van der Waals surface area contributed by atoms with Crippen molar-refractivity contribution >= 4 is 13.9 Å². The average molecular weight is 114 g/mol. The molecule has 0 saturated heterocycles. The van der Waals surface area contributed by atoms with E-state index in [-0.39, 0.29) is 0 Å². The van der Waals surface area contributed by atoms with Crippen LogP contribution in [-0.4, -0.2) is 7.85 Å². The monoisotopic (exact) mass is 114 g/mol. The molecule has 0 unspecified atom stereocenters. The van der Waals surface area contributed by atoms with Crippen molar-refractivity contribution in [1.82, 2.24) is 0 Å². The molecular weight excluding hydrogens is 107 g/mol. The van der Waals surface area contributed by atoms with Crippen molar-refractivity contribution in [3.63, 3.8) is 0 Å². The average Bonchev–Trinajstić information content (AvgIpc) is 1.91. The highest BCUT2D eigenvalue weighted by Crippen LogP contribution is 1.98. The molecule has 42 valence electrons. The van der Waals surface area contributed by atoms with Gasteiger partial charge in [-0.25, -0.2) is 0 Å². The summed E-state index contributed by atoms with van der Waals surface area (Å²) < 4.78 is 0. The minimum atomic E-state index is 1.14. The molecule has 0 nitrogen and oxygen atoms in total. The molecule has 1 aromatic rings. The maximum Gasteiger partial charge on any atom is 0.102 e. The van der Waals surface area contributed by atoms with E-state index in [1.54, 1.807) is 0 Å². The van der Waals surface area contributed by atoms with Crippen molar-refractivity contribution in [2.75, 3.05) is 0 Å². The maximum atomic E-state index is 5.18. The summed E-state index contributed by atoms with van der Waals surface area (Å²) in [5.41, 5.74) is 1.14. The van der Waals surface area contributed by atoms with Gasteiger partial charge < -0.3 is 0 Å². The van der Waals surface area contributed by atoms with Gasteiger partial charge in [-0.3, -0.25) is 0 Å². The second kappa shape index (κ2) is 3.13. The van der Waals surface area contributed by atoms with E-state index in [9.17, 15) is 0 Å². The van der Waals surface area contributed by atoms with Crippen LogP contribution in [0.3, 0.4) is 0 Å². The molecule has 1 aromatic carbocycles. The smallest absolute Gasteiger partial charge is 0.102 e. The molecule has 0 atom stereocenters. The first-order valence-corrected chi connectivity index (χ1v) is 2.87. The highest BCUT2D eigenvalue weighted by molar-refractivity contribution is 6.19. The number of hydrogen-bond acceptors (Lipinski definition) is 0. The molecule has 9 heavy (non-hydrogen) atoms. The molecule has 0 spiro atoms. The Morgan fingerprint density at radius 2 is 1.78 bits per heavy atom. The molecule has 0 aliphatic rings. The van der Waals surface area contributed by atoms with E-state index in [1.165, 1.54) is 5.98 Å². The first-order chi connectivity index (χ1) is 4.43. The second-order valence-corrected chi connectivity index (χ2v) is 1.77. The molecule has 2 radical (unpaired) electrons. The first kappa shape index (κ1) is 6.15. The van der Waals surface area contributed by atoms with Gasteiger partial charge >= 0.3 is 0 Å². The molecule has 0 bridgehead atoms. The van der Waals surface area contributed by atoms with Gasteiger partial charge in [0.15, 0.2) is 0 Å². The van der Waals surface area contributed by atoms with E-state index in [2.05, 4.69) is 0 Å². The molecule has 0 aliphatic carbocycles. The Balaban J connectivity index is 2.85. The Bertz CT molecular complexity index is 189. The summed E-state index contributed by atoms with van der Waals surface area (Å²) in [6, 6.07) is 9.95. The van der Waals surface area contributed by atoms with Crippen molar-refractivity contribution in [3.05, 3.63) is 41.9 Å². The van der Waals surface area contributed by atoms with Crippen LogP contribution in [0.1, 0.15) is 5.56 Å². The van der Waals surface area contributed by atoms with Gasteiger partial charge in [-0.15, -0.1) is 5.98 Å². The molecule has 0 amide bonds. The van der Waals surface area contributed by atoms with Crippen LogP contribution in [0.2, 0.25) is 0 Å². The van der Waals surface area contributed by atoms with Crippen molar-refractivity contribution in [2.45, 2.75) is 0 Å². The normalized spacial score (nSPS) is 10.2. The van der Waals surface area contributed by atoms with Gasteiger partial charge in [0.25, 0.3) is 0 Å². The lowest BCUT2D eigenvalue weighted by atomic mass is 10.1. The predicted molar refractivity (Wildman–Crippen MR) is 41.2 cm³/mol. The topological polar surface area (TPSA) is 0 Å². The van der Waals surface area contributed by atoms with E-state index in [0.717, 1.165) is 5.56 Å². The lowest BCUT2D eigenvalue weighted by Gasteiger charge is -1.87. The van der Waals surface area contributed by atoms with Crippen LogP contribution in [0.25, 0.3) is 6.08 Å². The molecular formula is C8H7B. The third-order valence-electron chi connectivity index (χ3n) is 1.09. The van der Waals surface area contributed by atoms with Gasteiger partial charge in [0.1, 0.15) is 7.85 Å². The third kappa shape index (κ3) is 1.76. The Morgan fingerprint density at radius 1 is 1.11 bits per heavy atom. The lowest BCUT2D eigenvalue weighted by molar-refractivity contribution is 1.66. The zero-order chi connectivity index (χ0) is 6.53. The summed E-state index contributed by atoms with van der Waals surface area (Å²) in [7, 11) is 5.18. The minimum Gasteiger partial charge on any atom is -0.131 e. The Hall–Kier alpha value is -0.975. The van der Waals surface area contributed by atoms with Crippen LogP contribution < -0.4 is 0 Å². The SMILES string of the molecule is [B]C=Cc1ccccc1. The van der Waals surface area contributed by atoms with Crippen molar-refractivity contribution in [2.24, 2.45) is 0 Å². The van der Waals surface area contributed by atoms with Crippen molar-refractivity contribution in [3.8, 4) is 0 Å². The third-order valence-corrected chi connectivity index (χ3v) is 1.09. The van der Waals surface area contributed by atoms with Crippen LogP contribution >= 0.6 is 0 Å². The predicted octanol–water partition coefficient (Wildman–Crippen LogP) is 1.83. The number of benzene rings is 1. The summed E-state index contributed by atoms with van der Waals surface area (Å²) in [5.74, 6) is 1.54. The summed E-state index contributed by atoms with van der Waals surface area (Å²) in [6.07, 6.45) is 1.86. The summed E-state index contributed by atoms with van der Waals surface area (Å²) >= 11 is 0. The van der Waals surface area contributed by atoms with E-state index in [0.29, 0.717) is 0 Å². The van der Waals surface area contributed by atoms with Crippen LogP contribution in [0.4, 0.5) is 0 Å². The fourth-order valence-electron chi connectivity index (χ4n) is 0.675. The summed E-state index contributed by atoms with van der Waals surface area (Å²) in [5, 5.41) is 0. The van der Waals surface area contributed by atoms with Crippen molar-refractivity contribution < 1.29 is 0 Å². The van der Waals surface area contributed by atoms with E-state index < -0.39 is 0 Å². The number of rotatable bonds is 1. The summed E-state index contributed by atoms with van der Waals surface area (Å²) in [6.45, 7) is 0. The fourth-order valence-corrected chi connectivity index (χ4v) is 0.675. The van der Waals surface area contributed by atoms with Gasteiger partial charge in [-0.1, -0.05) is 36.4 Å². The second-order valence-electron chi connectivity index (χ2n) is 1.77. The molecule has 1 heteroatoms. The van der Waals surface area contributed by atoms with E-state index in [4.69, 9.17) is 7.85 Å². The largest absolute Gasteiger partial charge is 0.131 e. The van der Waals surface area contributed by atoms with Crippen LogP contribution in [0.15, 0.2) is 36.3 Å². The molecule has 0 aromatic heterocycles. The van der Waals surface area contributed by atoms with E-state index >= 15 is 0 Å². The fraction of sp³-hybridized carbons (Fsp3) is 0. The molecule has 1 rings (SSSR count). The van der Waals surface area contributed by atoms with Gasteiger partial charge in [0, 0.05) is 0 Å². The van der Waals surface area contributed by atoms with Gasteiger partial charge in [0.05, 0.1) is 0 Å². The summed E-state index contributed by atoms with van der Waals surface area (Å²) in [4.78, 5) is 0. The Labute approximate surface area is 56.6 Å². The van der Waals surface area contributed by atoms with Gasteiger partial charge in [-0.2, -0.15) is 0 Å². The molecule has 0 N–H and O–H groups in total. The highest BCUT2D eigenvalue weighted by atomic mass is 13.8. The molecule has 0 aliphatic heterocycles. The molecule has 0 saturated carbocycles. The molecule has 0 fully saturated rings. The minimum absolute atomic E-state index is 1.14. The van der Waals surface area contributed by atoms with Crippen LogP contribution in [0.5, 0.6) is 0 Å². The molecule has 0 heterocycles. The first-order valence-electron chi connectivity index (χ1n) is 2.87. The lowest BCUT2D eigenvalue weighted by Crippen LogP contribution is -1.66. The van der Waals surface area contributed by atoms with E-state index in [1.807, 2.05) is 36.4 Å². The zero-order valence-electron chi connectivity index (χ0n) is 5.12. The highest BCUT2D eigenvalue weighted by Gasteiger charge is 1.77.